The highest BCUT2D eigenvalue weighted by Gasteiger charge is 2.63. The fraction of sp³-hybridized carbons (Fsp3) is 1.00. The Bertz CT molecular complexity index is 160. The average molecular weight is 365 g/mol. The molecule has 1 atom stereocenters. The summed E-state index contributed by atoms with van der Waals surface area (Å²) in [5.74, 6) is 0. The van der Waals surface area contributed by atoms with Crippen LogP contribution < -0.4 is 0 Å². The van der Waals surface area contributed by atoms with E-state index in [-0.39, 0.29) is 7.56 Å². The predicted octanol–water partition coefficient (Wildman–Crippen LogP) is 3.83. The molecule has 0 N–H and O–H groups in total. The summed E-state index contributed by atoms with van der Waals surface area (Å²) in [7, 11) is 0. The van der Waals surface area contributed by atoms with E-state index >= 15 is 0 Å². The van der Waals surface area contributed by atoms with Gasteiger partial charge in [-0.1, -0.05) is 61.1 Å². The molecule has 1 nitrogen and oxygen atoms in total. The third kappa shape index (κ3) is 2.69. The largest absolute Gasteiger partial charge is 0.380 e. The number of alkyl halides is 3. The fourth-order valence-corrected chi connectivity index (χ4v) is 3.47. The van der Waals surface area contributed by atoms with E-state index in [1.54, 1.807) is 0 Å². The zero-order valence-corrected chi connectivity index (χ0v) is 11.8. The Morgan fingerprint density at radius 1 is 1.33 bits per heavy atom. The van der Waals surface area contributed by atoms with Gasteiger partial charge in [-0.15, -0.1) is 0 Å². The van der Waals surface area contributed by atoms with Crippen molar-refractivity contribution in [2.24, 2.45) is 0 Å². The number of ether oxygens (including phenoxy) is 1. The van der Waals surface area contributed by atoms with Gasteiger partial charge in [-0.2, -0.15) is 0 Å². The molecule has 1 saturated carbocycles. The summed E-state index contributed by atoms with van der Waals surface area (Å²) in [5.41, 5.74) is 0. The van der Waals surface area contributed by atoms with Crippen molar-refractivity contribution in [3.63, 3.8) is 0 Å². The first kappa shape index (κ1) is 11.5. The molecule has 0 aromatic carbocycles. The molecule has 12 heavy (non-hydrogen) atoms. The highest BCUT2D eigenvalue weighted by Crippen LogP contribution is 2.64. The van der Waals surface area contributed by atoms with Gasteiger partial charge < -0.3 is 4.74 Å². The van der Waals surface area contributed by atoms with Gasteiger partial charge in [-0.3, -0.25) is 0 Å². The summed E-state index contributed by atoms with van der Waals surface area (Å²) in [6.45, 7) is 3.83. The highest BCUT2D eigenvalue weighted by atomic mass is 79.9. The standard InChI is InChI=1S/C8H13Br3O/c1-2-3-4-12-6-7(9)5-8(7,10)11/h2-6H2,1H3. The molecular formula is C8H13Br3O. The second kappa shape index (κ2) is 4.28. The van der Waals surface area contributed by atoms with Gasteiger partial charge in [-0.05, 0) is 12.8 Å². The van der Waals surface area contributed by atoms with E-state index in [9.17, 15) is 0 Å². The number of rotatable bonds is 5. The van der Waals surface area contributed by atoms with E-state index in [4.69, 9.17) is 4.74 Å². The second-order valence-electron chi connectivity index (χ2n) is 3.25. The van der Waals surface area contributed by atoms with Crippen molar-refractivity contribution in [3.8, 4) is 0 Å². The zero-order chi connectivity index (χ0) is 9.24. The highest BCUT2D eigenvalue weighted by molar-refractivity contribution is 9.26. The Kier molecular flexibility index (Phi) is 4.09. The van der Waals surface area contributed by atoms with Gasteiger partial charge in [0.2, 0.25) is 0 Å². The predicted molar refractivity (Wildman–Crippen MR) is 62.6 cm³/mol. The first-order valence-corrected chi connectivity index (χ1v) is 6.54. The lowest BCUT2D eigenvalue weighted by Gasteiger charge is -2.10. The second-order valence-corrected chi connectivity index (χ2v) is 8.54. The van der Waals surface area contributed by atoms with Crippen LogP contribution in [0.15, 0.2) is 0 Å². The molecule has 1 rings (SSSR count). The smallest absolute Gasteiger partial charge is 0.0995 e. The van der Waals surface area contributed by atoms with E-state index < -0.39 is 0 Å². The van der Waals surface area contributed by atoms with E-state index in [1.165, 1.54) is 6.42 Å². The minimum absolute atomic E-state index is 0.0687. The molecule has 0 aromatic heterocycles. The minimum atomic E-state index is 0.0687. The van der Waals surface area contributed by atoms with Crippen LogP contribution in [0.4, 0.5) is 0 Å². The van der Waals surface area contributed by atoms with Gasteiger partial charge in [0, 0.05) is 6.61 Å². The third-order valence-corrected chi connectivity index (χ3v) is 6.33. The van der Waals surface area contributed by atoms with Crippen LogP contribution >= 0.6 is 47.8 Å². The van der Waals surface area contributed by atoms with Crippen molar-refractivity contribution in [1.82, 2.24) is 0 Å². The van der Waals surface area contributed by atoms with Crippen molar-refractivity contribution in [1.29, 1.82) is 0 Å². The zero-order valence-electron chi connectivity index (χ0n) is 7.08. The maximum atomic E-state index is 5.53. The van der Waals surface area contributed by atoms with Gasteiger partial charge >= 0.3 is 0 Å². The molecule has 0 amide bonds. The normalized spacial score (nSPS) is 32.0. The Labute approximate surface area is 99.0 Å². The van der Waals surface area contributed by atoms with Crippen LogP contribution in [-0.2, 0) is 4.74 Å². The summed E-state index contributed by atoms with van der Waals surface area (Å²) < 4.78 is 5.72. The Hall–Kier alpha value is 1.40. The van der Waals surface area contributed by atoms with Crippen LogP contribution in [0.1, 0.15) is 26.2 Å². The van der Waals surface area contributed by atoms with Gasteiger partial charge in [-0.25, -0.2) is 0 Å². The number of unbranched alkanes of at least 4 members (excludes halogenated alkanes) is 1. The van der Waals surface area contributed by atoms with Gasteiger partial charge in [0.25, 0.3) is 0 Å². The maximum Gasteiger partial charge on any atom is 0.0995 e. The lowest BCUT2D eigenvalue weighted by Crippen LogP contribution is -2.16. The molecule has 4 heteroatoms. The van der Waals surface area contributed by atoms with Gasteiger partial charge in [0.15, 0.2) is 0 Å². The van der Waals surface area contributed by atoms with Crippen LogP contribution in [0.2, 0.25) is 0 Å². The molecule has 0 aromatic rings. The molecular weight excluding hydrogens is 352 g/mol. The lowest BCUT2D eigenvalue weighted by molar-refractivity contribution is 0.130. The summed E-state index contributed by atoms with van der Waals surface area (Å²) in [4.78, 5) is 0. The molecule has 1 fully saturated rings. The molecule has 0 heterocycles. The maximum absolute atomic E-state index is 5.53. The molecule has 1 aliphatic rings. The minimum Gasteiger partial charge on any atom is -0.380 e. The van der Waals surface area contributed by atoms with Crippen LogP contribution in [-0.4, -0.2) is 20.8 Å². The van der Waals surface area contributed by atoms with Gasteiger partial charge in [0.05, 0.1) is 14.2 Å². The molecule has 1 unspecified atom stereocenters. The van der Waals surface area contributed by atoms with Crippen LogP contribution in [0.25, 0.3) is 0 Å². The molecule has 0 radical (unpaired) electrons. The van der Waals surface area contributed by atoms with E-state index in [0.29, 0.717) is 0 Å². The van der Waals surface area contributed by atoms with Crippen molar-refractivity contribution in [2.75, 3.05) is 13.2 Å². The average Bonchev–Trinajstić information content (AvgIpc) is 2.45. The van der Waals surface area contributed by atoms with Crippen LogP contribution in [0, 0.1) is 0 Å². The molecule has 0 aliphatic heterocycles. The molecule has 1 aliphatic carbocycles. The van der Waals surface area contributed by atoms with Crippen LogP contribution in [0.5, 0.6) is 0 Å². The number of hydrogen-bond acceptors (Lipinski definition) is 1. The third-order valence-electron chi connectivity index (χ3n) is 2.01. The quantitative estimate of drug-likeness (QED) is 0.532. The summed E-state index contributed by atoms with van der Waals surface area (Å²) >= 11 is 10.8. The van der Waals surface area contributed by atoms with Crippen LogP contribution in [0.3, 0.4) is 0 Å². The number of halogens is 3. The molecule has 0 bridgehead atoms. The van der Waals surface area contributed by atoms with E-state index in [1.807, 2.05) is 0 Å². The summed E-state index contributed by atoms with van der Waals surface area (Å²) in [6.07, 6.45) is 3.43. The fourth-order valence-electron chi connectivity index (χ4n) is 0.945. The topological polar surface area (TPSA) is 9.23 Å². The summed E-state index contributed by atoms with van der Waals surface area (Å²) in [6, 6.07) is 0. The van der Waals surface area contributed by atoms with E-state index in [2.05, 4.69) is 54.7 Å². The summed E-state index contributed by atoms with van der Waals surface area (Å²) in [5, 5.41) is 0. The van der Waals surface area contributed by atoms with E-state index in [0.717, 1.165) is 26.1 Å². The molecule has 0 spiro atoms. The molecule has 72 valence electrons. The Morgan fingerprint density at radius 3 is 2.33 bits per heavy atom. The lowest BCUT2D eigenvalue weighted by atomic mass is 10.4. The van der Waals surface area contributed by atoms with Gasteiger partial charge in [0.1, 0.15) is 0 Å². The first-order chi connectivity index (χ1) is 5.52. The SMILES string of the molecule is CCCCOCC1(Br)CC1(Br)Br. The number of hydrogen-bond donors (Lipinski definition) is 0. The van der Waals surface area contributed by atoms with Crippen molar-refractivity contribution in [3.05, 3.63) is 0 Å². The molecule has 0 saturated heterocycles. The Morgan fingerprint density at radius 2 is 1.92 bits per heavy atom. The first-order valence-electron chi connectivity index (χ1n) is 4.16. The monoisotopic (exact) mass is 362 g/mol. The van der Waals surface area contributed by atoms with Crippen molar-refractivity contribution >= 4 is 47.8 Å². The van der Waals surface area contributed by atoms with Crippen molar-refractivity contribution in [2.45, 2.75) is 33.7 Å². The van der Waals surface area contributed by atoms with Crippen molar-refractivity contribution < 1.29 is 4.74 Å². The Balaban J connectivity index is 2.09.